The van der Waals surface area contributed by atoms with Crippen molar-refractivity contribution >= 4 is 21.6 Å². The number of amides is 1. The third-order valence-electron chi connectivity index (χ3n) is 4.42. The van der Waals surface area contributed by atoms with Gasteiger partial charge in [0.1, 0.15) is 11.6 Å². The van der Waals surface area contributed by atoms with E-state index in [-0.39, 0.29) is 28.4 Å². The van der Waals surface area contributed by atoms with Gasteiger partial charge in [0.2, 0.25) is 0 Å². The first-order chi connectivity index (χ1) is 15.2. The Labute approximate surface area is 183 Å². The van der Waals surface area contributed by atoms with Crippen molar-refractivity contribution in [2.75, 3.05) is 11.8 Å². The van der Waals surface area contributed by atoms with Gasteiger partial charge < -0.3 is 9.64 Å². The minimum absolute atomic E-state index is 0.00186. The van der Waals surface area contributed by atoms with Gasteiger partial charge in [-0.1, -0.05) is 30.3 Å². The van der Waals surface area contributed by atoms with Gasteiger partial charge in [-0.25, -0.2) is 12.8 Å². The molecule has 1 amide bonds. The van der Waals surface area contributed by atoms with Gasteiger partial charge in [0.15, 0.2) is 0 Å². The first-order valence-electron chi connectivity index (χ1n) is 9.32. The summed E-state index contributed by atoms with van der Waals surface area (Å²) in [7, 11) is -2.61. The van der Waals surface area contributed by atoms with E-state index in [2.05, 4.69) is 9.46 Å². The van der Waals surface area contributed by atoms with E-state index in [0.717, 1.165) is 6.07 Å². The fraction of sp³-hybridized carbons (Fsp3) is 0.136. The number of alkyl halides is 2. The minimum atomic E-state index is -4.13. The lowest BCUT2D eigenvalue weighted by atomic mass is 10.1. The number of sulfonamides is 1. The van der Waals surface area contributed by atoms with Crippen molar-refractivity contribution in [2.45, 2.75) is 18.1 Å². The molecule has 1 N–H and O–H groups in total. The van der Waals surface area contributed by atoms with Gasteiger partial charge in [-0.15, -0.1) is 0 Å². The molecule has 0 aliphatic heterocycles. The van der Waals surface area contributed by atoms with Crippen LogP contribution in [0.4, 0.5) is 18.9 Å². The average molecular weight is 464 g/mol. The molecule has 0 fully saturated rings. The maximum Gasteiger partial charge on any atom is 0.387 e. The van der Waals surface area contributed by atoms with Crippen molar-refractivity contribution < 1.29 is 31.1 Å². The van der Waals surface area contributed by atoms with Crippen LogP contribution in [0.25, 0.3) is 0 Å². The first kappa shape index (κ1) is 23.1. The Bertz CT molecular complexity index is 1200. The Balaban J connectivity index is 1.73. The summed E-state index contributed by atoms with van der Waals surface area (Å²) in [6.07, 6.45) is 0. The lowest BCUT2D eigenvalue weighted by Crippen LogP contribution is -2.26. The second kappa shape index (κ2) is 9.73. The summed E-state index contributed by atoms with van der Waals surface area (Å²) in [4.78, 5) is 13.9. The topological polar surface area (TPSA) is 75.7 Å². The number of ether oxygens (including phenoxy) is 1. The number of para-hydroxylation sites is 1. The maximum atomic E-state index is 13.8. The first-order valence-corrected chi connectivity index (χ1v) is 10.8. The Morgan fingerprint density at radius 2 is 1.72 bits per heavy atom. The van der Waals surface area contributed by atoms with Crippen LogP contribution < -0.4 is 9.46 Å². The number of halogens is 3. The molecular formula is C22H19F3N2O4S. The summed E-state index contributed by atoms with van der Waals surface area (Å²) in [5.74, 6) is -1.19. The SMILES string of the molecule is CN(Cc1ccc(OC(F)F)cc1)C(=O)c1cccc(S(=O)(=O)Nc2ccccc2F)c1. The molecule has 0 saturated heterocycles. The number of nitrogens with zero attached hydrogens (tertiary/aromatic N) is 1. The molecule has 168 valence electrons. The maximum absolute atomic E-state index is 13.8. The van der Waals surface area contributed by atoms with E-state index in [9.17, 15) is 26.4 Å². The number of nitrogens with one attached hydrogen (secondary N) is 1. The molecule has 32 heavy (non-hydrogen) atoms. The van der Waals surface area contributed by atoms with Crippen molar-refractivity contribution in [3.8, 4) is 5.75 Å². The Kier molecular flexibility index (Phi) is 7.04. The second-order valence-electron chi connectivity index (χ2n) is 6.80. The monoisotopic (exact) mass is 464 g/mol. The smallest absolute Gasteiger partial charge is 0.387 e. The van der Waals surface area contributed by atoms with Gasteiger partial charge >= 0.3 is 6.61 Å². The number of carbonyl (C=O) groups is 1. The van der Waals surface area contributed by atoms with E-state index in [4.69, 9.17) is 0 Å². The van der Waals surface area contributed by atoms with Crippen LogP contribution in [0.2, 0.25) is 0 Å². The summed E-state index contributed by atoms with van der Waals surface area (Å²) < 4.78 is 70.0. The summed E-state index contributed by atoms with van der Waals surface area (Å²) in [6, 6.07) is 16.5. The van der Waals surface area contributed by atoms with E-state index in [1.165, 1.54) is 66.5 Å². The van der Waals surface area contributed by atoms with Crippen molar-refractivity contribution in [3.05, 3.63) is 89.7 Å². The quantitative estimate of drug-likeness (QED) is 0.533. The van der Waals surface area contributed by atoms with Crippen LogP contribution in [-0.2, 0) is 16.6 Å². The molecule has 0 radical (unpaired) electrons. The second-order valence-corrected chi connectivity index (χ2v) is 8.48. The van der Waals surface area contributed by atoms with Crippen LogP contribution in [0, 0.1) is 5.82 Å². The van der Waals surface area contributed by atoms with Crippen molar-refractivity contribution in [1.29, 1.82) is 0 Å². The van der Waals surface area contributed by atoms with E-state index >= 15 is 0 Å². The lowest BCUT2D eigenvalue weighted by molar-refractivity contribution is -0.0498. The zero-order chi connectivity index (χ0) is 23.3. The zero-order valence-electron chi connectivity index (χ0n) is 16.8. The fourth-order valence-electron chi connectivity index (χ4n) is 2.89. The summed E-state index contributed by atoms with van der Waals surface area (Å²) in [5.41, 5.74) is 0.564. The van der Waals surface area contributed by atoms with Crippen LogP contribution in [0.3, 0.4) is 0 Å². The number of benzene rings is 3. The highest BCUT2D eigenvalue weighted by Gasteiger charge is 2.19. The van der Waals surface area contributed by atoms with Gasteiger partial charge in [0.05, 0.1) is 10.6 Å². The third-order valence-corrected chi connectivity index (χ3v) is 5.79. The van der Waals surface area contributed by atoms with E-state index in [1.54, 1.807) is 12.1 Å². The van der Waals surface area contributed by atoms with Crippen LogP contribution in [0.1, 0.15) is 15.9 Å². The summed E-state index contributed by atoms with van der Waals surface area (Å²) in [5, 5.41) is 0. The molecule has 0 heterocycles. The van der Waals surface area contributed by atoms with Gasteiger partial charge in [0, 0.05) is 19.2 Å². The van der Waals surface area contributed by atoms with Gasteiger partial charge in [0.25, 0.3) is 15.9 Å². The molecule has 0 aliphatic rings. The van der Waals surface area contributed by atoms with Gasteiger partial charge in [-0.05, 0) is 48.0 Å². The summed E-state index contributed by atoms with van der Waals surface area (Å²) >= 11 is 0. The molecule has 0 bridgehead atoms. The third kappa shape index (κ3) is 5.79. The summed E-state index contributed by atoms with van der Waals surface area (Å²) in [6.45, 7) is -2.78. The van der Waals surface area contributed by atoms with Crippen molar-refractivity contribution in [3.63, 3.8) is 0 Å². The number of hydrogen-bond donors (Lipinski definition) is 1. The highest BCUT2D eigenvalue weighted by molar-refractivity contribution is 7.92. The molecule has 0 spiro atoms. The van der Waals surface area contributed by atoms with Crippen LogP contribution in [-0.4, -0.2) is 32.9 Å². The van der Waals surface area contributed by atoms with E-state index in [0.29, 0.717) is 5.56 Å². The van der Waals surface area contributed by atoms with Gasteiger partial charge in [-0.2, -0.15) is 8.78 Å². The predicted octanol–water partition coefficient (Wildman–Crippen LogP) is 4.50. The number of hydrogen-bond acceptors (Lipinski definition) is 4. The fourth-order valence-corrected chi connectivity index (χ4v) is 4.00. The highest BCUT2D eigenvalue weighted by Crippen LogP contribution is 2.21. The van der Waals surface area contributed by atoms with Crippen LogP contribution in [0.15, 0.2) is 77.7 Å². The van der Waals surface area contributed by atoms with Crippen molar-refractivity contribution in [2.24, 2.45) is 0 Å². The number of carbonyl (C=O) groups excluding carboxylic acids is 1. The molecule has 3 aromatic rings. The normalized spacial score (nSPS) is 11.3. The highest BCUT2D eigenvalue weighted by atomic mass is 32.2. The Morgan fingerprint density at radius 3 is 2.38 bits per heavy atom. The van der Waals surface area contributed by atoms with Gasteiger partial charge in [-0.3, -0.25) is 9.52 Å². The molecule has 3 rings (SSSR count). The standard InChI is InChI=1S/C22H19F3N2O4S/c1-27(14-15-9-11-17(12-10-15)31-22(24)25)21(28)16-5-4-6-18(13-16)32(29,30)26-20-8-3-2-7-19(20)23/h2-13,22,26H,14H2,1H3. The molecule has 0 unspecified atom stereocenters. The Hall–Kier alpha value is -3.53. The van der Waals surface area contributed by atoms with E-state index < -0.39 is 28.4 Å². The molecule has 0 saturated carbocycles. The zero-order valence-corrected chi connectivity index (χ0v) is 17.7. The lowest BCUT2D eigenvalue weighted by Gasteiger charge is -2.18. The molecule has 10 heteroatoms. The molecule has 6 nitrogen and oxygen atoms in total. The van der Waals surface area contributed by atoms with Crippen molar-refractivity contribution in [1.82, 2.24) is 4.90 Å². The average Bonchev–Trinajstić information content (AvgIpc) is 2.76. The Morgan fingerprint density at radius 1 is 1.03 bits per heavy atom. The molecular weight excluding hydrogens is 445 g/mol. The largest absolute Gasteiger partial charge is 0.435 e. The molecule has 0 aromatic heterocycles. The predicted molar refractivity (Wildman–Crippen MR) is 113 cm³/mol. The minimum Gasteiger partial charge on any atom is -0.435 e. The number of rotatable bonds is 8. The van der Waals surface area contributed by atoms with E-state index in [1.807, 2.05) is 0 Å². The van der Waals surface area contributed by atoms with Crippen LogP contribution in [0.5, 0.6) is 5.75 Å². The molecule has 0 atom stereocenters. The molecule has 0 aliphatic carbocycles. The van der Waals surface area contributed by atoms with Crippen LogP contribution >= 0.6 is 0 Å². The molecule has 3 aromatic carbocycles. The number of anilines is 1.